The van der Waals surface area contributed by atoms with Gasteiger partial charge >= 0.3 is 0 Å². The van der Waals surface area contributed by atoms with Crippen molar-refractivity contribution in [3.63, 3.8) is 0 Å². The van der Waals surface area contributed by atoms with Gasteiger partial charge in [-0.15, -0.1) is 0 Å². The van der Waals surface area contributed by atoms with E-state index < -0.39 is 0 Å². The molecule has 0 radical (unpaired) electrons. The number of Topliss-reactive ketones (excluding diaryl/α,β-unsaturated/α-hetero) is 1. The monoisotopic (exact) mass is 240 g/mol. The molecule has 100 valence electrons. The Hall–Kier alpha value is -0.660. The molecule has 2 nitrogen and oxygen atoms in total. The molecule has 0 saturated heterocycles. The highest BCUT2D eigenvalue weighted by molar-refractivity contribution is 5.78. The van der Waals surface area contributed by atoms with Crippen LogP contribution in [-0.2, 0) is 9.59 Å². The zero-order valence-corrected chi connectivity index (χ0v) is 11.4. The van der Waals surface area contributed by atoms with Gasteiger partial charge in [0.05, 0.1) is 0 Å². The Balaban J connectivity index is 3.11. The van der Waals surface area contributed by atoms with Crippen LogP contribution in [0.25, 0.3) is 0 Å². The van der Waals surface area contributed by atoms with Crippen LogP contribution in [0.1, 0.15) is 84.0 Å². The van der Waals surface area contributed by atoms with Crippen LogP contribution < -0.4 is 0 Å². The number of rotatable bonds is 13. The normalized spacial score (nSPS) is 10.4. The average molecular weight is 240 g/mol. The lowest BCUT2D eigenvalue weighted by molar-refractivity contribution is -0.119. The van der Waals surface area contributed by atoms with Crippen molar-refractivity contribution in [2.45, 2.75) is 84.0 Å². The second-order valence-electron chi connectivity index (χ2n) is 4.82. The van der Waals surface area contributed by atoms with E-state index in [1.165, 1.54) is 32.1 Å². The molecule has 0 aliphatic rings. The first-order valence-corrected chi connectivity index (χ1v) is 7.26. The molecule has 0 rings (SSSR count). The Kier molecular flexibility index (Phi) is 12.9. The van der Waals surface area contributed by atoms with Gasteiger partial charge in [0.25, 0.3) is 0 Å². The van der Waals surface area contributed by atoms with Crippen molar-refractivity contribution < 1.29 is 9.59 Å². The molecule has 0 atom stereocenters. The largest absolute Gasteiger partial charge is 0.303 e. The van der Waals surface area contributed by atoms with Crippen LogP contribution in [0.5, 0.6) is 0 Å². The maximum atomic E-state index is 11.5. The molecule has 0 aromatic carbocycles. The number of ketones is 1. The molecule has 17 heavy (non-hydrogen) atoms. The van der Waals surface area contributed by atoms with Crippen molar-refractivity contribution >= 4 is 12.1 Å². The minimum absolute atomic E-state index is 0.444. The van der Waals surface area contributed by atoms with Gasteiger partial charge in [-0.3, -0.25) is 4.79 Å². The lowest BCUT2D eigenvalue weighted by Gasteiger charge is -2.01. The molecule has 0 spiro atoms. The summed E-state index contributed by atoms with van der Waals surface area (Å²) in [6.45, 7) is 2.16. The standard InChI is InChI=1S/C15H28O2/c1-2-3-9-12-15(17)13-10-7-5-4-6-8-11-14-16/h14H,2-13H2,1H3. The molecule has 0 aromatic rings. The summed E-state index contributed by atoms with van der Waals surface area (Å²) < 4.78 is 0. The van der Waals surface area contributed by atoms with E-state index in [0.717, 1.165) is 44.8 Å². The van der Waals surface area contributed by atoms with E-state index in [1.54, 1.807) is 0 Å². The number of unbranched alkanes of at least 4 members (excludes halogenated alkanes) is 8. The highest BCUT2D eigenvalue weighted by Gasteiger charge is 2.01. The Bertz CT molecular complexity index is 187. The van der Waals surface area contributed by atoms with Crippen molar-refractivity contribution in [1.82, 2.24) is 0 Å². The van der Waals surface area contributed by atoms with Crippen LogP contribution in [0, 0.1) is 0 Å². The van der Waals surface area contributed by atoms with E-state index in [2.05, 4.69) is 6.92 Å². The number of hydrogen-bond donors (Lipinski definition) is 0. The topological polar surface area (TPSA) is 34.1 Å². The summed E-state index contributed by atoms with van der Waals surface area (Å²) in [4.78, 5) is 21.5. The molecular weight excluding hydrogens is 212 g/mol. The molecule has 0 bridgehead atoms. The summed E-state index contributed by atoms with van der Waals surface area (Å²) in [5.41, 5.74) is 0. The summed E-state index contributed by atoms with van der Waals surface area (Å²) in [5, 5.41) is 0. The fourth-order valence-corrected chi connectivity index (χ4v) is 1.95. The summed E-state index contributed by atoms with van der Waals surface area (Å²) in [6, 6.07) is 0. The molecule has 0 N–H and O–H groups in total. The minimum Gasteiger partial charge on any atom is -0.303 e. The number of hydrogen-bond acceptors (Lipinski definition) is 2. The molecular formula is C15H28O2. The zero-order valence-electron chi connectivity index (χ0n) is 11.4. The van der Waals surface area contributed by atoms with Crippen molar-refractivity contribution in [3.8, 4) is 0 Å². The Morgan fingerprint density at radius 2 is 1.35 bits per heavy atom. The molecule has 0 saturated carbocycles. The highest BCUT2D eigenvalue weighted by atomic mass is 16.1. The lowest BCUT2D eigenvalue weighted by Crippen LogP contribution is -1.97. The van der Waals surface area contributed by atoms with E-state index in [1.807, 2.05) is 0 Å². The van der Waals surface area contributed by atoms with E-state index in [4.69, 9.17) is 0 Å². The summed E-state index contributed by atoms with van der Waals surface area (Å²) in [6.07, 6.45) is 13.5. The third-order valence-corrected chi connectivity index (χ3v) is 3.09. The third kappa shape index (κ3) is 13.3. The quantitative estimate of drug-likeness (QED) is 0.352. The van der Waals surface area contributed by atoms with Crippen molar-refractivity contribution in [1.29, 1.82) is 0 Å². The minimum atomic E-state index is 0.444. The van der Waals surface area contributed by atoms with Gasteiger partial charge in [0, 0.05) is 19.3 Å². The van der Waals surface area contributed by atoms with E-state index in [-0.39, 0.29) is 0 Å². The van der Waals surface area contributed by atoms with Crippen LogP contribution in [-0.4, -0.2) is 12.1 Å². The van der Waals surface area contributed by atoms with Crippen LogP contribution in [0.15, 0.2) is 0 Å². The number of aldehydes is 1. The van der Waals surface area contributed by atoms with E-state index >= 15 is 0 Å². The first-order chi connectivity index (χ1) is 8.31. The highest BCUT2D eigenvalue weighted by Crippen LogP contribution is 2.10. The third-order valence-electron chi connectivity index (χ3n) is 3.09. The average Bonchev–Trinajstić information content (AvgIpc) is 2.33. The molecule has 0 aliphatic carbocycles. The maximum Gasteiger partial charge on any atom is 0.132 e. The van der Waals surface area contributed by atoms with Gasteiger partial charge in [0.15, 0.2) is 0 Å². The lowest BCUT2D eigenvalue weighted by atomic mass is 10.0. The van der Waals surface area contributed by atoms with Crippen LogP contribution in [0.4, 0.5) is 0 Å². The molecule has 0 heterocycles. The first kappa shape index (κ1) is 16.3. The predicted octanol–water partition coefficient (Wildman–Crippen LogP) is 4.46. The molecule has 0 fully saturated rings. The Morgan fingerprint density at radius 1 is 0.824 bits per heavy atom. The SMILES string of the molecule is CCCCCC(=O)CCCCCCCCC=O. The van der Waals surface area contributed by atoms with Gasteiger partial charge < -0.3 is 4.79 Å². The first-order valence-electron chi connectivity index (χ1n) is 7.26. The Morgan fingerprint density at radius 3 is 1.94 bits per heavy atom. The molecule has 2 heteroatoms. The predicted molar refractivity (Wildman–Crippen MR) is 72.1 cm³/mol. The van der Waals surface area contributed by atoms with E-state index in [9.17, 15) is 9.59 Å². The fourth-order valence-electron chi connectivity index (χ4n) is 1.95. The second kappa shape index (κ2) is 13.4. The smallest absolute Gasteiger partial charge is 0.132 e. The number of carbonyl (C=O) groups is 2. The fraction of sp³-hybridized carbons (Fsp3) is 0.867. The van der Waals surface area contributed by atoms with E-state index in [0.29, 0.717) is 12.2 Å². The molecule has 0 aliphatic heterocycles. The van der Waals surface area contributed by atoms with Crippen molar-refractivity contribution in [3.05, 3.63) is 0 Å². The van der Waals surface area contributed by atoms with Gasteiger partial charge in [-0.2, -0.15) is 0 Å². The van der Waals surface area contributed by atoms with Crippen LogP contribution in [0.3, 0.4) is 0 Å². The molecule has 0 unspecified atom stereocenters. The van der Waals surface area contributed by atoms with Gasteiger partial charge in [-0.05, 0) is 19.3 Å². The van der Waals surface area contributed by atoms with Crippen molar-refractivity contribution in [2.24, 2.45) is 0 Å². The van der Waals surface area contributed by atoms with Crippen LogP contribution in [0.2, 0.25) is 0 Å². The Labute approximate surface area is 106 Å². The summed E-state index contributed by atoms with van der Waals surface area (Å²) in [7, 11) is 0. The molecule has 0 amide bonds. The maximum absolute atomic E-state index is 11.5. The van der Waals surface area contributed by atoms with Gasteiger partial charge in [-0.25, -0.2) is 0 Å². The van der Waals surface area contributed by atoms with Gasteiger partial charge in [0.1, 0.15) is 12.1 Å². The second-order valence-corrected chi connectivity index (χ2v) is 4.82. The van der Waals surface area contributed by atoms with Crippen LogP contribution >= 0.6 is 0 Å². The van der Waals surface area contributed by atoms with Crippen molar-refractivity contribution in [2.75, 3.05) is 0 Å². The van der Waals surface area contributed by atoms with Gasteiger partial charge in [0.2, 0.25) is 0 Å². The molecule has 0 aromatic heterocycles. The van der Waals surface area contributed by atoms with Gasteiger partial charge in [-0.1, -0.05) is 45.4 Å². The zero-order chi connectivity index (χ0) is 12.8. The summed E-state index contributed by atoms with van der Waals surface area (Å²) in [5.74, 6) is 0.444. The number of carbonyl (C=O) groups excluding carboxylic acids is 2. The summed E-state index contributed by atoms with van der Waals surface area (Å²) >= 11 is 0.